The maximum Gasteiger partial charge on any atom is -1.00 e. The van der Waals surface area contributed by atoms with E-state index in [1.807, 2.05) is 47.4 Å². The Hall–Kier alpha value is -6.96. The molecule has 0 atom stereocenters. The summed E-state index contributed by atoms with van der Waals surface area (Å²) >= 11 is 0. The van der Waals surface area contributed by atoms with Gasteiger partial charge >= 0.3 is 29.1 Å². The largest absolute Gasteiger partial charge is 1.00 e. The molecule has 13 heteroatoms. The second kappa shape index (κ2) is 22.7. The van der Waals surface area contributed by atoms with E-state index in [2.05, 4.69) is 171 Å². The van der Waals surface area contributed by atoms with Crippen LogP contribution in [0, 0.1) is 11.8 Å². The van der Waals surface area contributed by atoms with Crippen molar-refractivity contribution < 1.29 is 39.9 Å². The minimum absolute atomic E-state index is 0. The number of hydrogen-bond donors (Lipinski definition) is 1. The molecule has 0 saturated carbocycles. The molecule has 0 saturated heterocycles. The molecule has 6 nitrogen and oxygen atoms in total. The van der Waals surface area contributed by atoms with E-state index in [9.17, 15) is 30.6 Å². The topological polar surface area (TPSA) is 55.7 Å². The molecule has 0 spiro atoms. The van der Waals surface area contributed by atoms with Crippen LogP contribution in [0.15, 0.2) is 157 Å². The van der Waals surface area contributed by atoms with Gasteiger partial charge in [-0.15, -0.1) is 0 Å². The van der Waals surface area contributed by atoms with Crippen LogP contribution < -0.4 is 19.8 Å². The Morgan fingerprint density at radius 1 is 0.649 bits per heavy atom. The molecule has 3 aliphatic heterocycles. The first-order valence-corrected chi connectivity index (χ1v) is 26.8. The molecule has 74 heavy (non-hydrogen) atoms. The number of fused-ring (bicyclic) bond motifs is 8. The minimum atomic E-state index is -8.55. The van der Waals surface area contributed by atoms with Gasteiger partial charge in [-0.25, -0.2) is 0 Å². The summed E-state index contributed by atoms with van der Waals surface area (Å²) in [6, 6.07) is 42.5. The van der Waals surface area contributed by atoms with E-state index in [-0.39, 0.29) is 27.3 Å². The number of halogens is 6. The van der Waals surface area contributed by atoms with Crippen molar-refractivity contribution in [2.24, 2.45) is 0 Å². The molecule has 9 rings (SSSR count). The molecule has 3 aliphatic rings. The number of allylic oxidation sites excluding steroid dienone is 6. The summed E-state index contributed by atoms with van der Waals surface area (Å²) in [5.41, 5.74) is 11.3. The molecule has 386 valence electrons. The fourth-order valence-corrected chi connectivity index (χ4v) is 10.8. The molecule has 0 aromatic heterocycles. The van der Waals surface area contributed by atoms with E-state index >= 15 is 0 Å². The van der Waals surface area contributed by atoms with Crippen molar-refractivity contribution in [2.45, 2.75) is 96.4 Å². The molecular formula is C61H63F6N4O2P. The van der Waals surface area contributed by atoms with Crippen LogP contribution in [0.2, 0.25) is 0 Å². The van der Waals surface area contributed by atoms with Crippen LogP contribution >= 0.6 is 8.16 Å². The quantitative estimate of drug-likeness (QED) is 0.0278. The van der Waals surface area contributed by atoms with Gasteiger partial charge in [0.25, 0.3) is 0 Å². The van der Waals surface area contributed by atoms with Gasteiger partial charge in [0.15, 0.2) is 5.71 Å². The third-order valence-electron chi connectivity index (χ3n) is 14.2. The number of rotatable bonds is 15. The van der Waals surface area contributed by atoms with Crippen LogP contribution in [0.1, 0.15) is 107 Å². The minimum Gasteiger partial charge on any atom is -1.00 e. The SMILES string of the molecule is C[N+]1=C(C=CC=CC=C2N(CCCCCC(=O)NCCCCCC(=O)N3Cc4ccccc4C#Cc4ccccc43)c3ccc4ccccc4c3C2(C)C)C(C)(C)c2c1ccc1ccccc21.FP(F)(F)(F)F.[F-]. The van der Waals surface area contributed by atoms with E-state index in [1.165, 1.54) is 55.5 Å². The zero-order valence-electron chi connectivity index (χ0n) is 42.6. The summed E-state index contributed by atoms with van der Waals surface area (Å²) < 4.78 is 51.5. The zero-order valence-corrected chi connectivity index (χ0v) is 43.5. The number of para-hydroxylation sites is 1. The predicted molar refractivity (Wildman–Crippen MR) is 291 cm³/mol. The summed E-state index contributed by atoms with van der Waals surface area (Å²) in [4.78, 5) is 30.9. The van der Waals surface area contributed by atoms with E-state index in [0.717, 1.165) is 67.4 Å². The smallest absolute Gasteiger partial charge is 1.00 e. The number of amides is 2. The molecule has 6 aromatic rings. The average molecular weight is 1030 g/mol. The van der Waals surface area contributed by atoms with E-state index < -0.39 is 8.16 Å². The number of hydrogen-bond acceptors (Lipinski definition) is 3. The van der Waals surface area contributed by atoms with Gasteiger partial charge in [-0.05, 0) is 109 Å². The number of nitrogens with one attached hydrogen (secondary N) is 1. The van der Waals surface area contributed by atoms with Crippen molar-refractivity contribution in [3.05, 3.63) is 185 Å². The Morgan fingerprint density at radius 2 is 1.24 bits per heavy atom. The standard InChI is InChI=1S/C61H62N4O2.F5P.FH/c1-60(2)54(63(5)52-39-37-45-24-15-18-28-49(45)58(52)60)31-9-6-10-32-55-61(3,4)59-50-29-19-16-25-46(50)38-40-53(59)64(55)42-22-8-11-33-56(66)62-41-21-7-12-34-57(67)65-43-48-27-14-13-23-44(48)35-36-47-26-17-20-30-51(47)65;1-6(2,3,4)5;/h6,9-10,13-20,23-32,37-40H,7-8,11-12,21-22,33-34,41-43H2,1-5H3;;1H. The van der Waals surface area contributed by atoms with Gasteiger partial charge in [0, 0.05) is 71.6 Å². The van der Waals surface area contributed by atoms with E-state index in [1.54, 1.807) is 0 Å². The van der Waals surface area contributed by atoms with Crippen molar-refractivity contribution in [1.82, 2.24) is 5.32 Å². The summed E-state index contributed by atoms with van der Waals surface area (Å²) in [6.45, 7) is 11.4. The van der Waals surface area contributed by atoms with Crippen molar-refractivity contribution in [1.29, 1.82) is 0 Å². The van der Waals surface area contributed by atoms with Crippen LogP contribution in [0.25, 0.3) is 21.5 Å². The number of carbonyl (C=O) groups is 2. The van der Waals surface area contributed by atoms with Gasteiger partial charge in [0.2, 0.25) is 17.5 Å². The van der Waals surface area contributed by atoms with Gasteiger partial charge < -0.3 is 19.8 Å². The maximum absolute atomic E-state index is 13.6. The van der Waals surface area contributed by atoms with Crippen molar-refractivity contribution in [2.75, 3.05) is 29.9 Å². The Balaban J connectivity index is 0.00000108. The molecule has 0 aliphatic carbocycles. The van der Waals surface area contributed by atoms with Crippen LogP contribution in [0.5, 0.6) is 0 Å². The van der Waals surface area contributed by atoms with E-state index in [0.29, 0.717) is 25.9 Å². The van der Waals surface area contributed by atoms with Gasteiger partial charge in [0.1, 0.15) is 7.05 Å². The van der Waals surface area contributed by atoms with Crippen LogP contribution in [-0.2, 0) is 27.0 Å². The molecule has 3 heterocycles. The number of unbranched alkanes of at least 4 members (excludes halogenated alkanes) is 4. The first-order valence-electron chi connectivity index (χ1n) is 25.1. The molecule has 6 aromatic carbocycles. The van der Waals surface area contributed by atoms with E-state index in [4.69, 9.17) is 0 Å². The molecule has 2 amide bonds. The Labute approximate surface area is 431 Å². The maximum atomic E-state index is 13.6. The summed E-state index contributed by atoms with van der Waals surface area (Å²) in [6.07, 6.45) is 17.4. The number of anilines is 2. The molecule has 0 fully saturated rings. The van der Waals surface area contributed by atoms with Crippen LogP contribution in [0.4, 0.5) is 38.0 Å². The van der Waals surface area contributed by atoms with Gasteiger partial charge in [0.05, 0.1) is 17.6 Å². The number of benzene rings is 6. The normalized spacial score (nSPS) is 16.2. The van der Waals surface area contributed by atoms with Gasteiger partial charge in [-0.2, -0.15) is 4.58 Å². The Kier molecular flexibility index (Phi) is 16.8. The third kappa shape index (κ3) is 12.7. The zero-order chi connectivity index (χ0) is 52.0. The second-order valence-corrected chi connectivity index (χ2v) is 21.3. The Bertz CT molecular complexity index is 3250. The number of carbonyl (C=O) groups excluding carboxylic acids is 2. The molecular weight excluding hydrogens is 966 g/mol. The van der Waals surface area contributed by atoms with Crippen molar-refractivity contribution >= 4 is 64.3 Å². The molecule has 0 radical (unpaired) electrons. The summed E-state index contributed by atoms with van der Waals surface area (Å²) in [5.74, 6) is 6.78. The third-order valence-corrected chi connectivity index (χ3v) is 14.2. The first-order chi connectivity index (χ1) is 34.8. The fourth-order valence-electron chi connectivity index (χ4n) is 10.8. The van der Waals surface area contributed by atoms with Crippen LogP contribution in [-0.4, -0.2) is 42.2 Å². The molecule has 1 N–H and O–H groups in total. The molecule has 0 bridgehead atoms. The van der Waals surface area contributed by atoms with Gasteiger partial charge in [-0.3, -0.25) is 9.59 Å². The monoisotopic (exact) mass is 1030 g/mol. The summed E-state index contributed by atoms with van der Waals surface area (Å²) in [7, 11) is -6.37. The van der Waals surface area contributed by atoms with Crippen molar-refractivity contribution in [3.63, 3.8) is 0 Å². The van der Waals surface area contributed by atoms with Crippen LogP contribution in [0.3, 0.4) is 0 Å². The second-order valence-electron chi connectivity index (χ2n) is 20.0. The van der Waals surface area contributed by atoms with Gasteiger partial charge in [-0.1, -0.05) is 142 Å². The number of nitrogens with zero attached hydrogens (tertiary/aromatic N) is 3. The summed E-state index contributed by atoms with van der Waals surface area (Å²) in [5, 5.41) is 8.31. The predicted octanol–water partition coefficient (Wildman–Crippen LogP) is 12.9. The molecule has 0 unspecified atom stereocenters. The average Bonchev–Trinajstić information content (AvgIpc) is 3.69. The first kappa shape index (κ1) is 54.8. The Morgan fingerprint density at radius 3 is 1.97 bits per heavy atom. The van der Waals surface area contributed by atoms with Crippen molar-refractivity contribution in [3.8, 4) is 11.8 Å². The fraction of sp³-hybridized carbons (Fsp3) is 0.295.